The van der Waals surface area contributed by atoms with Crippen molar-refractivity contribution in [1.29, 1.82) is 0 Å². The summed E-state index contributed by atoms with van der Waals surface area (Å²) in [5, 5.41) is 16.2. The average Bonchev–Trinajstić information content (AvgIpc) is 3.58. The van der Waals surface area contributed by atoms with Crippen LogP contribution in [0.5, 0.6) is 11.6 Å². The molecule has 0 saturated heterocycles. The van der Waals surface area contributed by atoms with Crippen LogP contribution in [0.25, 0.3) is 40.8 Å². The van der Waals surface area contributed by atoms with Gasteiger partial charge >= 0.3 is 6.36 Å². The maximum absolute atomic E-state index is 12.7. The van der Waals surface area contributed by atoms with Gasteiger partial charge in [0.2, 0.25) is 17.7 Å². The Morgan fingerprint density at radius 3 is 2.48 bits per heavy atom. The monoisotopic (exact) mass is 619 g/mol. The molecule has 17 heteroatoms. The van der Waals surface area contributed by atoms with Crippen molar-refractivity contribution in [3.8, 4) is 40.3 Å². The van der Waals surface area contributed by atoms with Gasteiger partial charge in [-0.2, -0.15) is 0 Å². The number of ether oxygens (including phenoxy) is 2. The Bertz CT molecular complexity index is 1890. The number of aromatic nitrogens is 7. The zero-order valence-electron chi connectivity index (χ0n) is 21.4. The fourth-order valence-electron chi connectivity index (χ4n) is 3.62. The minimum atomic E-state index is -4.92. The number of hydrogen-bond donors (Lipinski definition) is 0. The van der Waals surface area contributed by atoms with Crippen LogP contribution >= 0.6 is 11.6 Å². The van der Waals surface area contributed by atoms with Crippen LogP contribution in [0.4, 0.5) is 13.2 Å². The summed E-state index contributed by atoms with van der Waals surface area (Å²) in [4.78, 5) is 8.18. The summed E-state index contributed by atoms with van der Waals surface area (Å²) in [5.74, 6) is 0.352. The van der Waals surface area contributed by atoms with Crippen molar-refractivity contribution in [3.63, 3.8) is 0 Å². The summed E-state index contributed by atoms with van der Waals surface area (Å²) >= 11 is 6.38. The molecule has 12 nitrogen and oxygen atoms in total. The first kappa shape index (κ1) is 28.7. The van der Waals surface area contributed by atoms with E-state index in [1.807, 2.05) is 0 Å². The van der Waals surface area contributed by atoms with E-state index < -0.39 is 21.9 Å². The lowest BCUT2D eigenvalue weighted by Crippen LogP contribution is -2.17. The van der Waals surface area contributed by atoms with Gasteiger partial charge in [-0.05, 0) is 36.4 Å². The van der Waals surface area contributed by atoms with Crippen LogP contribution in [-0.4, -0.2) is 63.1 Å². The van der Waals surface area contributed by atoms with Gasteiger partial charge in [-0.25, -0.2) is 13.4 Å². The first-order valence-electron chi connectivity index (χ1n) is 11.6. The number of rotatable bonds is 8. The largest absolute Gasteiger partial charge is 0.573 e. The Kier molecular flexibility index (Phi) is 7.66. The number of nitrogens with zero attached hydrogens (tertiary/aromatic N) is 7. The summed E-state index contributed by atoms with van der Waals surface area (Å²) in [6, 6.07) is 9.34. The molecule has 0 aliphatic carbocycles. The van der Waals surface area contributed by atoms with Crippen molar-refractivity contribution >= 4 is 33.6 Å². The van der Waals surface area contributed by atoms with Crippen LogP contribution in [0.3, 0.4) is 0 Å². The second-order valence-electron chi connectivity index (χ2n) is 8.40. The van der Waals surface area contributed by atoms with E-state index in [-0.39, 0.29) is 44.7 Å². The molecule has 0 spiro atoms. The van der Waals surface area contributed by atoms with Crippen molar-refractivity contribution in [1.82, 2.24) is 34.9 Å². The lowest BCUT2D eigenvalue weighted by Gasteiger charge is -2.13. The molecule has 4 heterocycles. The third-order valence-electron chi connectivity index (χ3n) is 5.48. The molecule has 4 aromatic heterocycles. The van der Waals surface area contributed by atoms with Gasteiger partial charge < -0.3 is 13.9 Å². The van der Waals surface area contributed by atoms with E-state index in [1.54, 1.807) is 12.1 Å². The van der Waals surface area contributed by atoms with Crippen LogP contribution in [0.15, 0.2) is 64.2 Å². The van der Waals surface area contributed by atoms with Crippen molar-refractivity contribution in [2.24, 2.45) is 0 Å². The highest BCUT2D eigenvalue weighted by molar-refractivity contribution is 7.90. The van der Waals surface area contributed by atoms with E-state index in [4.69, 9.17) is 20.8 Å². The molecule has 0 aliphatic heterocycles. The van der Waals surface area contributed by atoms with E-state index in [9.17, 15) is 21.6 Å². The van der Waals surface area contributed by atoms with E-state index in [2.05, 4.69) is 35.1 Å². The maximum atomic E-state index is 12.7. The highest BCUT2D eigenvalue weighted by Gasteiger charge is 2.31. The predicted molar refractivity (Wildman–Crippen MR) is 142 cm³/mol. The standard InChI is InChI=1S/C25H17ClF3N7O5S/c1-39-22-11-14(9-10-30-22)24-35-33-21(40-24)8-7-20-32-34-23(18-5-4-16(13-31-18)42(2,37)38)36(20)19-6-3-15(12-17(19)26)41-25(27,28)29/h3-13H,1-2H3/b8-7+. The SMILES string of the molecule is COc1cc(-c2nnc(/C=C/c3nnc(-c4ccc(S(C)(=O)=O)cn4)n3-c3ccc(OC(F)(F)F)cc3Cl)o2)ccn1. The van der Waals surface area contributed by atoms with Crippen LogP contribution < -0.4 is 9.47 Å². The Labute approximate surface area is 240 Å². The molecule has 0 bridgehead atoms. The second kappa shape index (κ2) is 11.2. The Morgan fingerprint density at radius 1 is 1.00 bits per heavy atom. The van der Waals surface area contributed by atoms with Gasteiger partial charge in [-0.15, -0.1) is 33.6 Å². The van der Waals surface area contributed by atoms with Crippen molar-refractivity contribution in [2.45, 2.75) is 11.3 Å². The molecular weight excluding hydrogens is 603 g/mol. The highest BCUT2D eigenvalue weighted by Crippen LogP contribution is 2.33. The summed E-state index contributed by atoms with van der Waals surface area (Å²) < 4.78 is 78.1. The lowest BCUT2D eigenvalue weighted by atomic mass is 10.2. The van der Waals surface area contributed by atoms with Crippen LogP contribution in [0, 0.1) is 0 Å². The molecule has 0 aliphatic rings. The molecule has 42 heavy (non-hydrogen) atoms. The molecule has 0 N–H and O–H groups in total. The van der Waals surface area contributed by atoms with Crippen LogP contribution in [0.1, 0.15) is 11.7 Å². The van der Waals surface area contributed by atoms with E-state index in [1.165, 1.54) is 48.2 Å². The van der Waals surface area contributed by atoms with Crippen LogP contribution in [-0.2, 0) is 9.84 Å². The minimum absolute atomic E-state index is 0.0249. The highest BCUT2D eigenvalue weighted by atomic mass is 35.5. The van der Waals surface area contributed by atoms with E-state index >= 15 is 0 Å². The fraction of sp³-hybridized carbons (Fsp3) is 0.120. The van der Waals surface area contributed by atoms with Crippen molar-refractivity contribution in [3.05, 3.63) is 71.6 Å². The second-order valence-corrected chi connectivity index (χ2v) is 10.8. The molecule has 0 unspecified atom stereocenters. The molecule has 216 valence electrons. The first-order valence-corrected chi connectivity index (χ1v) is 13.9. The van der Waals surface area contributed by atoms with E-state index in [0.29, 0.717) is 11.4 Å². The van der Waals surface area contributed by atoms with Gasteiger partial charge in [0.1, 0.15) is 11.4 Å². The molecule has 5 aromatic rings. The summed E-state index contributed by atoms with van der Waals surface area (Å²) in [6.07, 6.45) is 1.68. The number of sulfone groups is 1. The molecule has 0 fully saturated rings. The number of benzene rings is 1. The quantitative estimate of drug-likeness (QED) is 0.233. The molecule has 0 saturated carbocycles. The smallest absolute Gasteiger partial charge is 0.481 e. The molecule has 0 amide bonds. The minimum Gasteiger partial charge on any atom is -0.481 e. The van der Waals surface area contributed by atoms with Gasteiger partial charge in [0.25, 0.3) is 0 Å². The van der Waals surface area contributed by atoms with Crippen molar-refractivity contribution < 1.29 is 35.5 Å². The normalized spacial score (nSPS) is 12.1. The van der Waals surface area contributed by atoms with Gasteiger partial charge in [-0.1, -0.05) is 11.6 Å². The topological polar surface area (TPSA) is 148 Å². The molecule has 1 aromatic carbocycles. The van der Waals surface area contributed by atoms with Crippen molar-refractivity contribution in [2.75, 3.05) is 13.4 Å². The first-order chi connectivity index (χ1) is 19.9. The Morgan fingerprint density at radius 2 is 1.81 bits per heavy atom. The third-order valence-corrected chi connectivity index (χ3v) is 6.88. The fourth-order valence-corrected chi connectivity index (χ4v) is 4.44. The molecular formula is C25H17ClF3N7O5S. The summed E-state index contributed by atoms with van der Waals surface area (Å²) in [5.41, 5.74) is 0.943. The molecule has 0 radical (unpaired) electrons. The number of hydrogen-bond acceptors (Lipinski definition) is 11. The molecule has 0 atom stereocenters. The zero-order chi connectivity index (χ0) is 30.1. The molecule has 5 rings (SSSR count). The Balaban J connectivity index is 1.55. The number of halogens is 4. The summed E-state index contributed by atoms with van der Waals surface area (Å²) in [7, 11) is -2.05. The Hall–Kier alpha value is -4.83. The third kappa shape index (κ3) is 6.39. The zero-order valence-corrected chi connectivity index (χ0v) is 23.0. The summed E-state index contributed by atoms with van der Waals surface area (Å²) in [6.45, 7) is 0. The number of methoxy groups -OCH3 is 1. The van der Waals surface area contributed by atoms with Gasteiger partial charge in [0.05, 0.1) is 22.7 Å². The maximum Gasteiger partial charge on any atom is 0.573 e. The average molecular weight is 620 g/mol. The van der Waals surface area contributed by atoms with Gasteiger partial charge in [-0.3, -0.25) is 9.55 Å². The predicted octanol–water partition coefficient (Wildman–Crippen LogP) is 4.91. The number of alkyl halides is 3. The van der Waals surface area contributed by atoms with E-state index in [0.717, 1.165) is 24.6 Å². The van der Waals surface area contributed by atoms with Gasteiger partial charge in [0.15, 0.2) is 21.5 Å². The van der Waals surface area contributed by atoms with Crippen LogP contribution in [0.2, 0.25) is 5.02 Å². The number of pyridine rings is 2. The lowest BCUT2D eigenvalue weighted by molar-refractivity contribution is -0.274. The van der Waals surface area contributed by atoms with Gasteiger partial charge in [0, 0.05) is 42.4 Å².